The highest BCUT2D eigenvalue weighted by atomic mass is 16.6. The van der Waals surface area contributed by atoms with E-state index < -0.39 is 4.92 Å². The first-order chi connectivity index (χ1) is 9.63. The quantitative estimate of drug-likeness (QED) is 0.601. The van der Waals surface area contributed by atoms with Crippen LogP contribution in [-0.2, 0) is 6.67 Å². The molecule has 8 heteroatoms. The number of hydrogen-bond donors (Lipinski definition) is 0. The SMILES string of the molecule is CN1CCN(Cn2nnc3cc([N+](=O)[O-])ccc32)CC1. The Morgan fingerprint density at radius 1 is 1.30 bits per heavy atom. The number of nitro groups is 1. The van der Waals surface area contributed by atoms with Gasteiger partial charge in [-0.3, -0.25) is 15.0 Å². The van der Waals surface area contributed by atoms with Crippen LogP contribution in [0.2, 0.25) is 0 Å². The zero-order valence-corrected chi connectivity index (χ0v) is 11.3. The zero-order chi connectivity index (χ0) is 14.1. The summed E-state index contributed by atoms with van der Waals surface area (Å²) < 4.78 is 1.80. The fraction of sp³-hybridized carbons (Fsp3) is 0.500. The number of piperazine rings is 1. The maximum Gasteiger partial charge on any atom is 0.271 e. The molecule has 0 amide bonds. The molecular weight excluding hydrogens is 260 g/mol. The van der Waals surface area contributed by atoms with Gasteiger partial charge in [-0.1, -0.05) is 5.21 Å². The third-order valence-electron chi connectivity index (χ3n) is 3.64. The van der Waals surface area contributed by atoms with Gasteiger partial charge in [-0.25, -0.2) is 4.68 Å². The lowest BCUT2D eigenvalue weighted by Crippen LogP contribution is -2.45. The molecule has 0 aliphatic carbocycles. The van der Waals surface area contributed by atoms with Crippen LogP contribution < -0.4 is 0 Å². The molecule has 0 N–H and O–H groups in total. The van der Waals surface area contributed by atoms with Crippen molar-refractivity contribution in [3.05, 3.63) is 28.3 Å². The Morgan fingerprint density at radius 3 is 2.75 bits per heavy atom. The minimum atomic E-state index is -0.418. The highest BCUT2D eigenvalue weighted by Crippen LogP contribution is 2.19. The van der Waals surface area contributed by atoms with Crippen molar-refractivity contribution in [1.29, 1.82) is 0 Å². The molecule has 1 aliphatic heterocycles. The molecule has 3 rings (SSSR count). The van der Waals surface area contributed by atoms with E-state index in [1.807, 2.05) is 0 Å². The molecule has 1 aliphatic rings. The van der Waals surface area contributed by atoms with Crippen LogP contribution in [0.5, 0.6) is 0 Å². The van der Waals surface area contributed by atoms with E-state index in [1.165, 1.54) is 12.1 Å². The van der Waals surface area contributed by atoms with Gasteiger partial charge < -0.3 is 4.90 Å². The number of non-ortho nitro benzene ring substituents is 1. The summed E-state index contributed by atoms with van der Waals surface area (Å²) in [4.78, 5) is 14.9. The van der Waals surface area contributed by atoms with Crippen LogP contribution in [0.15, 0.2) is 18.2 Å². The predicted octanol–water partition coefficient (Wildman–Crippen LogP) is 0.544. The first-order valence-corrected chi connectivity index (χ1v) is 6.52. The zero-order valence-electron chi connectivity index (χ0n) is 11.3. The van der Waals surface area contributed by atoms with Crippen LogP contribution in [-0.4, -0.2) is 62.9 Å². The van der Waals surface area contributed by atoms with Crippen molar-refractivity contribution in [2.45, 2.75) is 6.67 Å². The lowest BCUT2D eigenvalue weighted by molar-refractivity contribution is -0.384. The summed E-state index contributed by atoms with van der Waals surface area (Å²) in [5.74, 6) is 0. The van der Waals surface area contributed by atoms with Gasteiger partial charge in [0.1, 0.15) is 5.52 Å². The number of likely N-dealkylation sites (N-methyl/N-ethyl adjacent to an activating group) is 1. The standard InChI is InChI=1S/C12H16N6O2/c1-15-4-6-16(7-5-15)9-17-12-3-2-10(18(19)20)8-11(12)13-14-17/h2-3,8H,4-7,9H2,1H3. The minimum absolute atomic E-state index is 0.0455. The summed E-state index contributed by atoms with van der Waals surface area (Å²) in [7, 11) is 2.11. The monoisotopic (exact) mass is 276 g/mol. The maximum atomic E-state index is 10.7. The molecule has 2 heterocycles. The summed E-state index contributed by atoms with van der Waals surface area (Å²) >= 11 is 0. The van der Waals surface area contributed by atoms with Gasteiger partial charge in [0.15, 0.2) is 0 Å². The fourth-order valence-electron chi connectivity index (χ4n) is 2.36. The molecule has 0 radical (unpaired) electrons. The van der Waals surface area contributed by atoms with Crippen LogP contribution >= 0.6 is 0 Å². The van der Waals surface area contributed by atoms with Crippen molar-refractivity contribution in [1.82, 2.24) is 24.8 Å². The first-order valence-electron chi connectivity index (χ1n) is 6.52. The van der Waals surface area contributed by atoms with Crippen molar-refractivity contribution >= 4 is 16.7 Å². The summed E-state index contributed by atoms with van der Waals surface area (Å²) in [6.07, 6.45) is 0. The number of nitro benzene ring substituents is 1. The lowest BCUT2D eigenvalue weighted by Gasteiger charge is -2.32. The largest absolute Gasteiger partial charge is 0.304 e. The van der Waals surface area contributed by atoms with E-state index in [1.54, 1.807) is 10.7 Å². The molecule has 1 aromatic carbocycles. The van der Waals surface area contributed by atoms with Crippen molar-refractivity contribution in [3.63, 3.8) is 0 Å². The van der Waals surface area contributed by atoms with Gasteiger partial charge >= 0.3 is 0 Å². The number of fused-ring (bicyclic) bond motifs is 1. The Kier molecular flexibility index (Phi) is 3.33. The van der Waals surface area contributed by atoms with Gasteiger partial charge in [0, 0.05) is 38.3 Å². The second kappa shape index (κ2) is 5.14. The van der Waals surface area contributed by atoms with Gasteiger partial charge in [0.2, 0.25) is 0 Å². The molecule has 0 spiro atoms. The smallest absolute Gasteiger partial charge is 0.271 e. The number of rotatable bonds is 3. The number of nitrogens with zero attached hydrogens (tertiary/aromatic N) is 6. The van der Waals surface area contributed by atoms with E-state index >= 15 is 0 Å². The van der Waals surface area contributed by atoms with Crippen LogP contribution in [0.1, 0.15) is 0 Å². The topological polar surface area (TPSA) is 80.3 Å². The van der Waals surface area contributed by atoms with Gasteiger partial charge in [0.05, 0.1) is 17.1 Å². The van der Waals surface area contributed by atoms with Gasteiger partial charge in [-0.2, -0.15) is 0 Å². The van der Waals surface area contributed by atoms with E-state index in [0.717, 1.165) is 31.7 Å². The minimum Gasteiger partial charge on any atom is -0.304 e. The van der Waals surface area contributed by atoms with Crippen LogP contribution in [0.25, 0.3) is 11.0 Å². The Hall–Kier alpha value is -2.06. The Labute approximate surface area is 115 Å². The Balaban J connectivity index is 1.80. The molecule has 1 fully saturated rings. The highest BCUT2D eigenvalue weighted by Gasteiger charge is 2.16. The summed E-state index contributed by atoms with van der Waals surface area (Å²) in [5.41, 5.74) is 1.44. The van der Waals surface area contributed by atoms with Gasteiger partial charge in [-0.05, 0) is 13.1 Å². The van der Waals surface area contributed by atoms with Crippen LogP contribution in [0, 0.1) is 10.1 Å². The molecule has 0 unspecified atom stereocenters. The fourth-order valence-corrected chi connectivity index (χ4v) is 2.36. The van der Waals surface area contributed by atoms with E-state index in [4.69, 9.17) is 0 Å². The normalized spacial score (nSPS) is 17.6. The molecule has 1 aromatic heterocycles. The number of hydrogen-bond acceptors (Lipinski definition) is 6. The molecule has 106 valence electrons. The van der Waals surface area contributed by atoms with Crippen molar-refractivity contribution < 1.29 is 4.92 Å². The predicted molar refractivity (Wildman–Crippen MR) is 73.3 cm³/mol. The Bertz CT molecular complexity index is 632. The average Bonchev–Trinajstić information content (AvgIpc) is 2.84. The van der Waals surface area contributed by atoms with Crippen LogP contribution in [0.3, 0.4) is 0 Å². The molecule has 0 atom stereocenters. The van der Waals surface area contributed by atoms with E-state index in [0.29, 0.717) is 12.2 Å². The highest BCUT2D eigenvalue weighted by molar-refractivity contribution is 5.76. The summed E-state index contributed by atoms with van der Waals surface area (Å²) in [6.45, 7) is 4.73. The molecule has 0 bridgehead atoms. The van der Waals surface area contributed by atoms with E-state index in [2.05, 4.69) is 27.2 Å². The van der Waals surface area contributed by atoms with E-state index in [9.17, 15) is 10.1 Å². The third-order valence-corrected chi connectivity index (χ3v) is 3.64. The summed E-state index contributed by atoms with van der Waals surface area (Å²) in [5, 5.41) is 18.8. The third kappa shape index (κ3) is 2.47. The van der Waals surface area contributed by atoms with Gasteiger partial charge in [0.25, 0.3) is 5.69 Å². The molecule has 1 saturated heterocycles. The summed E-state index contributed by atoms with van der Waals surface area (Å²) in [6, 6.07) is 4.67. The van der Waals surface area contributed by atoms with E-state index in [-0.39, 0.29) is 5.69 Å². The number of benzene rings is 1. The number of aromatic nitrogens is 3. The molecule has 0 saturated carbocycles. The van der Waals surface area contributed by atoms with Crippen LogP contribution in [0.4, 0.5) is 5.69 Å². The van der Waals surface area contributed by atoms with Crippen molar-refractivity contribution in [2.75, 3.05) is 33.2 Å². The van der Waals surface area contributed by atoms with Crippen molar-refractivity contribution in [3.8, 4) is 0 Å². The second-order valence-corrected chi connectivity index (χ2v) is 5.08. The van der Waals surface area contributed by atoms with Crippen molar-refractivity contribution in [2.24, 2.45) is 0 Å². The maximum absolute atomic E-state index is 10.7. The Morgan fingerprint density at radius 2 is 2.05 bits per heavy atom. The molecular formula is C12H16N6O2. The first kappa shape index (κ1) is 12.9. The molecule has 20 heavy (non-hydrogen) atoms. The molecule has 8 nitrogen and oxygen atoms in total. The van der Waals surface area contributed by atoms with Gasteiger partial charge in [-0.15, -0.1) is 5.10 Å². The second-order valence-electron chi connectivity index (χ2n) is 5.08. The lowest BCUT2D eigenvalue weighted by atomic mass is 10.3. The average molecular weight is 276 g/mol. The molecule has 2 aromatic rings.